The van der Waals surface area contributed by atoms with Crippen molar-refractivity contribution in [2.75, 3.05) is 18.2 Å². The van der Waals surface area contributed by atoms with Crippen LogP contribution in [0.3, 0.4) is 0 Å². The molecule has 1 rings (SSSR count). The van der Waals surface area contributed by atoms with Crippen molar-refractivity contribution in [1.82, 2.24) is 0 Å². The topological polar surface area (TPSA) is 35.2 Å². The number of thioether (sulfide) groups is 1. The minimum Gasteiger partial charge on any atom is -0.366 e. The van der Waals surface area contributed by atoms with Crippen LogP contribution in [0.15, 0.2) is 30.3 Å². The third-order valence-electron chi connectivity index (χ3n) is 1.77. The summed E-state index contributed by atoms with van der Waals surface area (Å²) in [5.41, 5.74) is 6.61. The molecule has 1 aromatic carbocycles. The molecule has 0 heterocycles. The molecule has 0 aliphatic carbocycles. The van der Waals surface area contributed by atoms with Gasteiger partial charge in [0.25, 0.3) is 0 Å². The van der Waals surface area contributed by atoms with Crippen molar-refractivity contribution in [2.45, 2.75) is 13.0 Å². The molecule has 0 spiro atoms. The van der Waals surface area contributed by atoms with Gasteiger partial charge < -0.3 is 10.5 Å². The highest BCUT2D eigenvalue weighted by Crippen LogP contribution is 2.05. The number of hydrogen-bond donors (Lipinski definition) is 1. The van der Waals surface area contributed by atoms with E-state index in [1.165, 1.54) is 5.56 Å². The third kappa shape index (κ3) is 5.27. The summed E-state index contributed by atoms with van der Waals surface area (Å²) in [5.74, 6) is 1.85. The summed E-state index contributed by atoms with van der Waals surface area (Å²) in [7, 11) is 0. The van der Waals surface area contributed by atoms with E-state index in [1.807, 2.05) is 18.2 Å². The van der Waals surface area contributed by atoms with Crippen molar-refractivity contribution in [3.05, 3.63) is 35.9 Å². The molecule has 78 valence electrons. The number of ether oxygens (including phenoxy) is 1. The molecule has 0 aromatic heterocycles. The van der Waals surface area contributed by atoms with Crippen molar-refractivity contribution >= 4 is 11.8 Å². The second-order valence-corrected chi connectivity index (χ2v) is 4.05. The van der Waals surface area contributed by atoms with Gasteiger partial charge in [-0.2, -0.15) is 0 Å². The lowest BCUT2D eigenvalue weighted by atomic mass is 10.2. The fraction of sp³-hybridized carbons (Fsp3) is 0.455. The largest absolute Gasteiger partial charge is 0.366 e. The molecule has 0 fully saturated rings. The smallest absolute Gasteiger partial charge is 0.0925 e. The van der Waals surface area contributed by atoms with E-state index in [0.29, 0.717) is 6.61 Å². The molecule has 0 bridgehead atoms. The Morgan fingerprint density at radius 2 is 2.00 bits per heavy atom. The standard InChI is InChI=1S/C11H17NOS/c12-7-4-8-14-10-13-9-11-5-2-1-3-6-11/h1-3,5-6H,4,7-10,12H2. The summed E-state index contributed by atoms with van der Waals surface area (Å²) >= 11 is 1.79. The second-order valence-electron chi connectivity index (χ2n) is 3.00. The van der Waals surface area contributed by atoms with Crippen LogP contribution in [0.25, 0.3) is 0 Å². The van der Waals surface area contributed by atoms with E-state index in [9.17, 15) is 0 Å². The zero-order valence-electron chi connectivity index (χ0n) is 8.32. The van der Waals surface area contributed by atoms with Crippen LogP contribution in [-0.4, -0.2) is 18.2 Å². The summed E-state index contributed by atoms with van der Waals surface area (Å²) in [6.45, 7) is 1.47. The Morgan fingerprint density at radius 1 is 1.21 bits per heavy atom. The van der Waals surface area contributed by atoms with Crippen molar-refractivity contribution in [3.63, 3.8) is 0 Å². The first-order valence-electron chi connectivity index (χ1n) is 4.83. The Bertz CT molecular complexity index is 228. The van der Waals surface area contributed by atoms with Gasteiger partial charge in [0.2, 0.25) is 0 Å². The lowest BCUT2D eigenvalue weighted by Crippen LogP contribution is -2.00. The van der Waals surface area contributed by atoms with Crippen molar-refractivity contribution in [2.24, 2.45) is 5.73 Å². The van der Waals surface area contributed by atoms with Gasteiger partial charge in [0, 0.05) is 0 Å². The van der Waals surface area contributed by atoms with E-state index < -0.39 is 0 Å². The zero-order chi connectivity index (χ0) is 10.1. The average Bonchev–Trinajstić information content (AvgIpc) is 2.25. The lowest BCUT2D eigenvalue weighted by Gasteiger charge is -2.03. The molecule has 0 atom stereocenters. The van der Waals surface area contributed by atoms with E-state index in [4.69, 9.17) is 10.5 Å². The highest BCUT2D eigenvalue weighted by atomic mass is 32.2. The summed E-state index contributed by atoms with van der Waals surface area (Å²) in [4.78, 5) is 0. The molecule has 0 radical (unpaired) electrons. The fourth-order valence-electron chi connectivity index (χ4n) is 1.04. The molecule has 2 nitrogen and oxygen atoms in total. The van der Waals surface area contributed by atoms with Crippen LogP contribution < -0.4 is 5.73 Å². The van der Waals surface area contributed by atoms with E-state index in [-0.39, 0.29) is 0 Å². The Morgan fingerprint density at radius 3 is 2.71 bits per heavy atom. The number of hydrogen-bond acceptors (Lipinski definition) is 3. The molecule has 3 heteroatoms. The Balaban J connectivity index is 1.99. The summed E-state index contributed by atoms with van der Waals surface area (Å²) in [6.07, 6.45) is 1.07. The SMILES string of the molecule is NCCCSCOCc1ccccc1. The molecule has 0 unspecified atom stereocenters. The molecule has 1 aromatic rings. The van der Waals surface area contributed by atoms with Gasteiger partial charge in [-0.05, 0) is 24.3 Å². The van der Waals surface area contributed by atoms with Gasteiger partial charge in [0.15, 0.2) is 0 Å². The van der Waals surface area contributed by atoms with Crippen molar-refractivity contribution in [3.8, 4) is 0 Å². The summed E-state index contributed by atoms with van der Waals surface area (Å²) < 4.78 is 5.49. The molecule has 0 aliphatic heterocycles. The molecule has 14 heavy (non-hydrogen) atoms. The first kappa shape index (κ1) is 11.6. The van der Waals surface area contributed by atoms with E-state index in [2.05, 4.69) is 12.1 Å². The molecular weight excluding hydrogens is 194 g/mol. The summed E-state index contributed by atoms with van der Waals surface area (Å²) in [6, 6.07) is 10.2. The van der Waals surface area contributed by atoms with E-state index in [1.54, 1.807) is 11.8 Å². The normalized spacial score (nSPS) is 10.4. The van der Waals surface area contributed by atoms with Crippen LogP contribution in [0.5, 0.6) is 0 Å². The molecular formula is C11H17NOS. The van der Waals surface area contributed by atoms with E-state index >= 15 is 0 Å². The monoisotopic (exact) mass is 211 g/mol. The maximum atomic E-state index is 5.49. The predicted octanol–water partition coefficient (Wildman–Crippen LogP) is 2.24. The molecule has 0 amide bonds. The quantitative estimate of drug-likeness (QED) is 0.555. The van der Waals surface area contributed by atoms with Crippen LogP contribution in [0.2, 0.25) is 0 Å². The highest BCUT2D eigenvalue weighted by Gasteiger charge is 1.91. The third-order valence-corrected chi connectivity index (χ3v) is 2.68. The van der Waals surface area contributed by atoms with Crippen LogP contribution in [0.1, 0.15) is 12.0 Å². The van der Waals surface area contributed by atoms with Crippen molar-refractivity contribution in [1.29, 1.82) is 0 Å². The lowest BCUT2D eigenvalue weighted by molar-refractivity contribution is 0.169. The van der Waals surface area contributed by atoms with Gasteiger partial charge in [0.1, 0.15) is 0 Å². The summed E-state index contributed by atoms with van der Waals surface area (Å²) in [5, 5.41) is 0. The average molecular weight is 211 g/mol. The van der Waals surface area contributed by atoms with Gasteiger partial charge in [-0.25, -0.2) is 0 Å². The minimum atomic E-state index is 0.705. The Labute approximate surface area is 89.8 Å². The maximum absolute atomic E-state index is 5.49. The molecule has 0 saturated heterocycles. The predicted molar refractivity (Wildman–Crippen MR) is 62.2 cm³/mol. The first-order valence-corrected chi connectivity index (χ1v) is 5.98. The maximum Gasteiger partial charge on any atom is 0.0925 e. The second kappa shape index (κ2) is 7.85. The van der Waals surface area contributed by atoms with Crippen LogP contribution in [-0.2, 0) is 11.3 Å². The molecule has 0 aliphatic rings. The Kier molecular flexibility index (Phi) is 6.49. The minimum absolute atomic E-state index is 0.705. The number of rotatable bonds is 7. The van der Waals surface area contributed by atoms with Crippen molar-refractivity contribution < 1.29 is 4.74 Å². The Hall–Kier alpha value is -0.510. The highest BCUT2D eigenvalue weighted by molar-refractivity contribution is 7.99. The van der Waals surface area contributed by atoms with Gasteiger partial charge in [0.05, 0.1) is 12.5 Å². The molecule has 0 saturated carbocycles. The van der Waals surface area contributed by atoms with Crippen LogP contribution >= 0.6 is 11.8 Å². The van der Waals surface area contributed by atoms with Gasteiger partial charge in [-0.1, -0.05) is 30.3 Å². The zero-order valence-corrected chi connectivity index (χ0v) is 9.13. The van der Waals surface area contributed by atoms with Crippen LogP contribution in [0, 0.1) is 0 Å². The van der Waals surface area contributed by atoms with Gasteiger partial charge in [-0.3, -0.25) is 0 Å². The number of nitrogens with two attached hydrogens (primary N) is 1. The first-order chi connectivity index (χ1) is 6.93. The van der Waals surface area contributed by atoms with E-state index in [0.717, 1.165) is 24.7 Å². The van der Waals surface area contributed by atoms with Gasteiger partial charge >= 0.3 is 0 Å². The molecule has 2 N–H and O–H groups in total. The van der Waals surface area contributed by atoms with Gasteiger partial charge in [-0.15, -0.1) is 11.8 Å². The van der Waals surface area contributed by atoms with Crippen LogP contribution in [0.4, 0.5) is 0 Å². The number of benzene rings is 1. The fourth-order valence-corrected chi connectivity index (χ4v) is 1.73.